The Morgan fingerprint density at radius 3 is 2.41 bits per heavy atom. The fourth-order valence-electron chi connectivity index (χ4n) is 3.66. The third kappa shape index (κ3) is 5.28. The van der Waals surface area contributed by atoms with Gasteiger partial charge in [0.15, 0.2) is 0 Å². The first kappa shape index (κ1) is 20.7. The molecule has 0 bridgehead atoms. The first-order chi connectivity index (χ1) is 14.0. The quantitative estimate of drug-likeness (QED) is 0.755. The summed E-state index contributed by atoms with van der Waals surface area (Å²) in [5.74, 6) is 0.744. The lowest BCUT2D eigenvalue weighted by atomic mass is 10.1. The Kier molecular flexibility index (Phi) is 6.75. The van der Waals surface area contributed by atoms with Gasteiger partial charge in [0.1, 0.15) is 12.3 Å². The van der Waals surface area contributed by atoms with Crippen LogP contribution in [0.2, 0.25) is 0 Å². The van der Waals surface area contributed by atoms with E-state index in [1.807, 2.05) is 60.4 Å². The van der Waals surface area contributed by atoms with Crippen molar-refractivity contribution in [2.45, 2.75) is 20.4 Å². The highest BCUT2D eigenvalue weighted by atomic mass is 16.5. The van der Waals surface area contributed by atoms with E-state index >= 15 is 0 Å². The van der Waals surface area contributed by atoms with Gasteiger partial charge >= 0.3 is 0 Å². The average Bonchev–Trinajstić information content (AvgIpc) is 2.73. The van der Waals surface area contributed by atoms with Crippen molar-refractivity contribution in [1.82, 2.24) is 9.80 Å². The van der Waals surface area contributed by atoms with Crippen LogP contribution in [0.1, 0.15) is 18.1 Å². The number of methoxy groups -OCH3 is 1. The van der Waals surface area contributed by atoms with Crippen LogP contribution in [0.3, 0.4) is 0 Å². The Labute approximate surface area is 172 Å². The van der Waals surface area contributed by atoms with Gasteiger partial charge in [-0.2, -0.15) is 0 Å². The van der Waals surface area contributed by atoms with Gasteiger partial charge in [0, 0.05) is 39.6 Å². The molecular formula is C23H29N3O3. The lowest BCUT2D eigenvalue weighted by Gasteiger charge is -2.37. The standard InChI is InChI=1S/C23H29N3O3/c1-18-7-6-8-20(15-18)16-26(19(2)27)17-23(28)25-13-11-24(12-14-25)21-9-4-5-10-22(21)29-3/h4-10,15H,11-14,16-17H2,1-3H3. The van der Waals surface area contributed by atoms with E-state index in [1.54, 1.807) is 12.0 Å². The number of aryl methyl sites for hydroxylation is 1. The Bertz CT molecular complexity index is 860. The van der Waals surface area contributed by atoms with Gasteiger partial charge in [0.2, 0.25) is 11.8 Å². The molecule has 6 heteroatoms. The van der Waals surface area contributed by atoms with Gasteiger partial charge in [-0.3, -0.25) is 9.59 Å². The first-order valence-corrected chi connectivity index (χ1v) is 9.94. The van der Waals surface area contributed by atoms with Crippen LogP contribution in [-0.4, -0.2) is 61.4 Å². The number of carbonyl (C=O) groups excluding carboxylic acids is 2. The molecule has 0 aromatic heterocycles. The second-order valence-electron chi connectivity index (χ2n) is 7.40. The number of para-hydroxylation sites is 2. The van der Waals surface area contributed by atoms with E-state index in [0.717, 1.165) is 35.7 Å². The Hall–Kier alpha value is -3.02. The molecule has 29 heavy (non-hydrogen) atoms. The van der Waals surface area contributed by atoms with Gasteiger partial charge < -0.3 is 19.4 Å². The van der Waals surface area contributed by atoms with Gasteiger partial charge in [-0.25, -0.2) is 0 Å². The van der Waals surface area contributed by atoms with Gasteiger partial charge in [-0.1, -0.05) is 42.0 Å². The van der Waals surface area contributed by atoms with Crippen LogP contribution in [-0.2, 0) is 16.1 Å². The minimum Gasteiger partial charge on any atom is -0.495 e. The number of hydrogen-bond acceptors (Lipinski definition) is 4. The number of nitrogens with zero attached hydrogens (tertiary/aromatic N) is 3. The molecule has 0 radical (unpaired) electrons. The normalized spacial score (nSPS) is 13.9. The number of carbonyl (C=O) groups is 2. The highest BCUT2D eigenvalue weighted by Gasteiger charge is 2.25. The largest absolute Gasteiger partial charge is 0.495 e. The molecule has 3 rings (SSSR count). The molecule has 2 amide bonds. The molecule has 0 saturated carbocycles. The van der Waals surface area contributed by atoms with Crippen LogP contribution in [0.25, 0.3) is 0 Å². The molecule has 154 valence electrons. The zero-order valence-corrected chi connectivity index (χ0v) is 17.4. The number of anilines is 1. The molecule has 2 aromatic rings. The SMILES string of the molecule is COc1ccccc1N1CCN(C(=O)CN(Cc2cccc(C)c2)C(C)=O)CC1. The Balaban J connectivity index is 1.58. The number of amides is 2. The molecule has 2 aromatic carbocycles. The van der Waals surface area contributed by atoms with Crippen molar-refractivity contribution in [3.05, 3.63) is 59.7 Å². The third-order valence-corrected chi connectivity index (χ3v) is 5.29. The zero-order valence-electron chi connectivity index (χ0n) is 17.4. The maximum Gasteiger partial charge on any atom is 0.242 e. The Morgan fingerprint density at radius 1 is 1.03 bits per heavy atom. The van der Waals surface area contributed by atoms with E-state index in [-0.39, 0.29) is 18.4 Å². The van der Waals surface area contributed by atoms with Gasteiger partial charge in [-0.05, 0) is 24.6 Å². The van der Waals surface area contributed by atoms with Gasteiger partial charge in [-0.15, -0.1) is 0 Å². The first-order valence-electron chi connectivity index (χ1n) is 9.94. The topological polar surface area (TPSA) is 53.1 Å². The number of ether oxygens (including phenoxy) is 1. The number of rotatable bonds is 6. The summed E-state index contributed by atoms with van der Waals surface area (Å²) in [7, 11) is 1.67. The van der Waals surface area contributed by atoms with Crippen molar-refractivity contribution < 1.29 is 14.3 Å². The van der Waals surface area contributed by atoms with E-state index < -0.39 is 0 Å². The zero-order chi connectivity index (χ0) is 20.8. The summed E-state index contributed by atoms with van der Waals surface area (Å²) < 4.78 is 5.45. The fraction of sp³-hybridized carbons (Fsp3) is 0.391. The lowest BCUT2D eigenvalue weighted by Crippen LogP contribution is -2.51. The molecule has 1 aliphatic heterocycles. The van der Waals surface area contributed by atoms with Crippen molar-refractivity contribution >= 4 is 17.5 Å². The maximum absolute atomic E-state index is 12.8. The minimum absolute atomic E-state index is 0.00692. The molecule has 1 heterocycles. The summed E-state index contributed by atoms with van der Waals surface area (Å²) in [6, 6.07) is 16.0. The van der Waals surface area contributed by atoms with Gasteiger partial charge in [0.05, 0.1) is 12.8 Å². The minimum atomic E-state index is -0.0903. The van der Waals surface area contributed by atoms with Gasteiger partial charge in [0.25, 0.3) is 0 Å². The summed E-state index contributed by atoms with van der Waals surface area (Å²) >= 11 is 0. The lowest BCUT2D eigenvalue weighted by molar-refractivity contribution is -0.140. The van der Waals surface area contributed by atoms with Crippen molar-refractivity contribution in [3.63, 3.8) is 0 Å². The number of benzene rings is 2. The third-order valence-electron chi connectivity index (χ3n) is 5.29. The molecule has 0 unspecified atom stereocenters. The summed E-state index contributed by atoms with van der Waals surface area (Å²) in [6.07, 6.45) is 0. The highest BCUT2D eigenvalue weighted by molar-refractivity contribution is 5.84. The molecule has 0 aliphatic carbocycles. The molecule has 1 aliphatic rings. The van der Waals surface area contributed by atoms with E-state index in [1.165, 1.54) is 6.92 Å². The summed E-state index contributed by atoms with van der Waals surface area (Å²) in [6.45, 7) is 6.84. The van der Waals surface area contributed by atoms with Crippen molar-refractivity contribution in [2.75, 3.05) is 44.7 Å². The van der Waals surface area contributed by atoms with Crippen LogP contribution in [0.4, 0.5) is 5.69 Å². The van der Waals surface area contributed by atoms with E-state index in [9.17, 15) is 9.59 Å². The smallest absolute Gasteiger partial charge is 0.242 e. The molecule has 0 spiro atoms. The molecule has 6 nitrogen and oxygen atoms in total. The predicted molar refractivity (Wildman–Crippen MR) is 114 cm³/mol. The van der Waals surface area contributed by atoms with Crippen LogP contribution < -0.4 is 9.64 Å². The molecule has 1 fully saturated rings. The van der Waals surface area contributed by atoms with Crippen LogP contribution in [0.5, 0.6) is 5.75 Å². The summed E-state index contributed by atoms with van der Waals surface area (Å²) in [4.78, 5) is 30.6. The van der Waals surface area contributed by atoms with Crippen molar-refractivity contribution in [2.24, 2.45) is 0 Å². The predicted octanol–water partition coefficient (Wildman–Crippen LogP) is 2.70. The van der Waals surface area contributed by atoms with Crippen LogP contribution in [0.15, 0.2) is 48.5 Å². The molecule has 0 N–H and O–H groups in total. The molecule has 0 atom stereocenters. The maximum atomic E-state index is 12.8. The Morgan fingerprint density at radius 2 is 1.76 bits per heavy atom. The monoisotopic (exact) mass is 395 g/mol. The summed E-state index contributed by atoms with van der Waals surface area (Å²) in [5.41, 5.74) is 3.23. The van der Waals surface area contributed by atoms with E-state index in [2.05, 4.69) is 4.90 Å². The van der Waals surface area contributed by atoms with Crippen molar-refractivity contribution in [1.29, 1.82) is 0 Å². The van der Waals surface area contributed by atoms with E-state index in [0.29, 0.717) is 19.6 Å². The number of hydrogen-bond donors (Lipinski definition) is 0. The fourth-order valence-corrected chi connectivity index (χ4v) is 3.66. The van der Waals surface area contributed by atoms with Crippen LogP contribution in [0, 0.1) is 6.92 Å². The summed E-state index contributed by atoms with van der Waals surface area (Å²) in [5, 5.41) is 0. The average molecular weight is 396 g/mol. The van der Waals surface area contributed by atoms with Crippen LogP contribution >= 0.6 is 0 Å². The highest BCUT2D eigenvalue weighted by Crippen LogP contribution is 2.28. The number of piperazine rings is 1. The van der Waals surface area contributed by atoms with Crippen molar-refractivity contribution in [3.8, 4) is 5.75 Å². The molecular weight excluding hydrogens is 366 g/mol. The second-order valence-corrected chi connectivity index (χ2v) is 7.40. The van der Waals surface area contributed by atoms with E-state index in [4.69, 9.17) is 4.74 Å². The second kappa shape index (κ2) is 9.45. The molecule has 1 saturated heterocycles.